The fourth-order valence-corrected chi connectivity index (χ4v) is 2.85. The molecule has 0 aliphatic rings. The number of benzene rings is 2. The molecule has 0 spiro atoms. The average molecular weight is 503 g/mol. The molecule has 2 rings (SSSR count). The Morgan fingerprint density at radius 1 is 0.667 bits per heavy atom. The van der Waals surface area contributed by atoms with Crippen LogP contribution in [0.4, 0.5) is 0 Å². The summed E-state index contributed by atoms with van der Waals surface area (Å²) in [6.45, 7) is -0.616. The molecule has 184 valence electrons. The van der Waals surface area contributed by atoms with Crippen LogP contribution in [-0.4, -0.2) is 68.4 Å². The zero-order valence-electron chi connectivity index (χ0n) is 17.7. The Morgan fingerprint density at radius 3 is 1.21 bits per heavy atom. The second-order valence-corrected chi connectivity index (χ2v) is 7.79. The first-order chi connectivity index (χ1) is 15.5. The van der Waals surface area contributed by atoms with Gasteiger partial charge in [-0.1, -0.05) is 60.7 Å². The van der Waals surface area contributed by atoms with Crippen molar-refractivity contribution in [3.05, 3.63) is 71.8 Å². The minimum atomic E-state index is -1.55. The molecule has 0 aromatic heterocycles. The lowest BCUT2D eigenvalue weighted by atomic mass is 10.1. The van der Waals surface area contributed by atoms with Gasteiger partial charge in [0.25, 0.3) is 0 Å². The van der Waals surface area contributed by atoms with Crippen LogP contribution in [0.1, 0.15) is 34.5 Å². The van der Waals surface area contributed by atoms with Crippen LogP contribution in [0.15, 0.2) is 60.7 Å². The number of hydrogen-bond acceptors (Lipinski definition) is 9. The van der Waals surface area contributed by atoms with Crippen LogP contribution in [0.2, 0.25) is 0 Å². The molecule has 2 aromatic rings. The molecule has 2 unspecified atom stereocenters. The van der Waals surface area contributed by atoms with E-state index in [1.807, 2.05) is 60.7 Å². The molecular weight excluding hydrogens is 472 g/mol. The van der Waals surface area contributed by atoms with Gasteiger partial charge in [-0.25, -0.2) is 0 Å². The number of carboxylic acids is 2. The quantitative estimate of drug-likeness (QED) is 0.179. The van der Waals surface area contributed by atoms with Gasteiger partial charge < -0.3 is 35.4 Å². The number of thiol groups is 2. The van der Waals surface area contributed by atoms with Crippen molar-refractivity contribution in [2.24, 2.45) is 0 Å². The molecule has 2 aromatic carbocycles. The molecule has 2 atom stereocenters. The van der Waals surface area contributed by atoms with E-state index >= 15 is 0 Å². The minimum absolute atomic E-state index is 0.0626. The molecule has 0 bridgehead atoms. The molecule has 0 amide bonds. The third-order valence-corrected chi connectivity index (χ3v) is 4.60. The van der Waals surface area contributed by atoms with Crippen LogP contribution in [0.3, 0.4) is 0 Å². The van der Waals surface area contributed by atoms with Crippen LogP contribution in [0.25, 0.3) is 0 Å². The predicted molar refractivity (Wildman–Crippen MR) is 128 cm³/mol. The monoisotopic (exact) mass is 502 g/mol. The number of carbonyl (C=O) groups is 2. The number of aliphatic hydroxyl groups excluding tert-OH is 2. The molecule has 0 fully saturated rings. The molecule has 0 aliphatic heterocycles. The van der Waals surface area contributed by atoms with Crippen LogP contribution in [-0.2, 0) is 14.3 Å². The van der Waals surface area contributed by atoms with Crippen molar-refractivity contribution in [2.45, 2.75) is 35.9 Å². The predicted octanol–water partition coefficient (Wildman–Crippen LogP) is 1.89. The molecule has 33 heavy (non-hydrogen) atoms. The van der Waals surface area contributed by atoms with E-state index in [4.69, 9.17) is 30.6 Å². The molecule has 0 radical (unpaired) electrons. The second-order valence-electron chi connectivity index (χ2n) is 6.55. The van der Waals surface area contributed by atoms with E-state index in [0.717, 1.165) is 11.1 Å². The summed E-state index contributed by atoms with van der Waals surface area (Å²) in [4.78, 5) is 20.7. The molecule has 11 heteroatoms. The molecule has 6 N–H and O–H groups in total. The van der Waals surface area contributed by atoms with Gasteiger partial charge in [0, 0.05) is 10.5 Å². The van der Waals surface area contributed by atoms with Crippen LogP contribution in [0.5, 0.6) is 0 Å². The van der Waals surface area contributed by atoms with E-state index in [0.29, 0.717) is 0 Å². The number of rotatable bonds is 10. The van der Waals surface area contributed by atoms with Gasteiger partial charge >= 0.3 is 11.9 Å². The van der Waals surface area contributed by atoms with E-state index in [9.17, 15) is 9.59 Å². The number of ether oxygens (including phenoxy) is 1. The van der Waals surface area contributed by atoms with Crippen LogP contribution < -0.4 is 0 Å². The summed E-state index contributed by atoms with van der Waals surface area (Å²) in [6, 6.07) is 18.8. The third kappa shape index (κ3) is 18.0. The molecular formula is C22H30O9S2. The first-order valence-electron chi connectivity index (χ1n) is 9.72. The lowest BCUT2D eigenvalue weighted by Crippen LogP contribution is -2.20. The zero-order valence-corrected chi connectivity index (χ0v) is 19.5. The van der Waals surface area contributed by atoms with Crippen molar-refractivity contribution in [3.63, 3.8) is 0 Å². The van der Waals surface area contributed by atoms with Crippen LogP contribution in [0, 0.1) is 0 Å². The Balaban J connectivity index is 0.000000472. The number of carboxylic acid groups (broad SMARTS) is 2. The van der Waals surface area contributed by atoms with Crippen molar-refractivity contribution in [2.75, 3.05) is 13.2 Å². The third-order valence-electron chi connectivity index (χ3n) is 3.64. The highest BCUT2D eigenvalue weighted by molar-refractivity contribution is 7.80. The van der Waals surface area contributed by atoms with Crippen molar-refractivity contribution < 1.29 is 45.0 Å². The Kier molecular flexibility index (Phi) is 17.1. The van der Waals surface area contributed by atoms with Crippen molar-refractivity contribution >= 4 is 37.2 Å². The minimum Gasteiger partial charge on any atom is -0.481 e. The maximum Gasteiger partial charge on any atom is 0.304 e. The highest BCUT2D eigenvalue weighted by Gasteiger charge is 2.10. The maximum atomic E-state index is 10.3. The molecule has 0 saturated heterocycles. The Labute approximate surface area is 203 Å². The highest BCUT2D eigenvalue weighted by Crippen LogP contribution is 2.23. The van der Waals surface area contributed by atoms with Gasteiger partial charge in [-0.05, 0) is 11.1 Å². The summed E-state index contributed by atoms with van der Waals surface area (Å²) in [7, 11) is 0. The number of aliphatic hydroxyl groups is 4. The highest BCUT2D eigenvalue weighted by atomic mass is 32.1. The molecule has 0 heterocycles. The van der Waals surface area contributed by atoms with Crippen molar-refractivity contribution in [1.29, 1.82) is 0 Å². The van der Waals surface area contributed by atoms with E-state index in [1.165, 1.54) is 0 Å². The summed E-state index contributed by atoms with van der Waals surface area (Å²) in [6.07, 6.45) is -2.98. The first kappa shape index (κ1) is 30.9. The van der Waals surface area contributed by atoms with Crippen molar-refractivity contribution in [1.82, 2.24) is 0 Å². The second kappa shape index (κ2) is 18.3. The average Bonchev–Trinajstić information content (AvgIpc) is 2.74. The fraction of sp³-hybridized carbons (Fsp3) is 0.364. The van der Waals surface area contributed by atoms with E-state index in [-0.39, 0.29) is 36.6 Å². The molecule has 9 nitrogen and oxygen atoms in total. The maximum absolute atomic E-state index is 10.3. The first-order valence-corrected chi connectivity index (χ1v) is 10.8. The SMILES string of the molecule is O=C(O)CC(S)c1ccccc1.O=C(O)CC(S)c1ccccc1.OC(O)COCC(O)O. The van der Waals surface area contributed by atoms with Gasteiger partial charge in [0.1, 0.15) is 0 Å². The van der Waals surface area contributed by atoms with Gasteiger partial charge in [0.15, 0.2) is 12.6 Å². The smallest absolute Gasteiger partial charge is 0.304 e. The van der Waals surface area contributed by atoms with Gasteiger partial charge in [0.2, 0.25) is 0 Å². The summed E-state index contributed by atoms with van der Waals surface area (Å²) < 4.78 is 4.36. The lowest BCUT2D eigenvalue weighted by Gasteiger charge is -2.06. The van der Waals surface area contributed by atoms with Gasteiger partial charge in [0.05, 0.1) is 26.1 Å². The summed E-state index contributed by atoms with van der Waals surface area (Å²) in [5, 5.41) is 49.1. The Bertz CT molecular complexity index is 708. The summed E-state index contributed by atoms with van der Waals surface area (Å²) in [5.74, 6) is -1.64. The van der Waals surface area contributed by atoms with Crippen LogP contribution >= 0.6 is 25.3 Å². The normalized spacial score (nSPS) is 12.1. The zero-order chi connectivity index (χ0) is 25.2. The van der Waals surface area contributed by atoms with Gasteiger partial charge in [-0.2, -0.15) is 25.3 Å². The lowest BCUT2D eigenvalue weighted by molar-refractivity contribution is -0.139. The fourth-order valence-electron chi connectivity index (χ4n) is 2.20. The number of aliphatic carboxylic acids is 2. The topological polar surface area (TPSA) is 165 Å². The molecule has 0 aliphatic carbocycles. The summed E-state index contributed by atoms with van der Waals surface area (Å²) in [5.41, 5.74) is 1.89. The number of hydrogen-bond donors (Lipinski definition) is 8. The largest absolute Gasteiger partial charge is 0.481 e. The van der Waals surface area contributed by atoms with Gasteiger partial charge in [-0.3, -0.25) is 9.59 Å². The van der Waals surface area contributed by atoms with Crippen molar-refractivity contribution in [3.8, 4) is 0 Å². The van der Waals surface area contributed by atoms with Gasteiger partial charge in [-0.15, -0.1) is 0 Å². The Morgan fingerprint density at radius 2 is 0.970 bits per heavy atom. The standard InChI is InChI=1S/2C9H10O2S.C4H10O5/c2*10-9(11)6-8(12)7-4-2-1-3-5-7;5-3(6)1-9-2-4(7)8/h2*1-5,8,12H,6H2,(H,10,11);3-8H,1-2H2. The molecule has 0 saturated carbocycles. The summed E-state index contributed by atoms with van der Waals surface area (Å²) >= 11 is 8.36. The Hall–Kier alpha value is -2.12. The van der Waals surface area contributed by atoms with E-state index < -0.39 is 24.5 Å². The van der Waals surface area contributed by atoms with E-state index in [2.05, 4.69) is 30.0 Å². The van der Waals surface area contributed by atoms with E-state index in [1.54, 1.807) is 0 Å².